The molecule has 52 valence electrons. The Balaban J connectivity index is 3.57. The number of nitrogens with one attached hydrogen (secondary N) is 1. The van der Waals surface area contributed by atoms with Gasteiger partial charge in [-0.05, 0) is 13.8 Å². The molecular formula is C4H10N4O. The Morgan fingerprint density at radius 2 is 2.22 bits per heavy atom. The van der Waals surface area contributed by atoms with E-state index in [2.05, 4.69) is 10.3 Å². The third-order valence-electron chi connectivity index (χ3n) is 0.418. The molecule has 0 bridgehead atoms. The van der Waals surface area contributed by atoms with Gasteiger partial charge in [0.15, 0.2) is 0 Å². The van der Waals surface area contributed by atoms with E-state index >= 15 is 0 Å². The van der Waals surface area contributed by atoms with Crippen molar-refractivity contribution in [1.82, 2.24) is 5.43 Å². The Labute approximate surface area is 53.3 Å². The van der Waals surface area contributed by atoms with E-state index in [-0.39, 0.29) is 0 Å². The quantitative estimate of drug-likeness (QED) is 0.315. The van der Waals surface area contributed by atoms with E-state index in [1.807, 2.05) is 5.43 Å². The van der Waals surface area contributed by atoms with Crippen molar-refractivity contribution in [3.05, 3.63) is 0 Å². The molecule has 0 aromatic carbocycles. The molecule has 0 heterocycles. The first kappa shape index (κ1) is 8.03. The van der Waals surface area contributed by atoms with Gasteiger partial charge >= 0.3 is 0 Å². The van der Waals surface area contributed by atoms with E-state index in [4.69, 9.17) is 5.73 Å². The highest BCUT2D eigenvalue weighted by molar-refractivity contribution is 5.44. The van der Waals surface area contributed by atoms with Gasteiger partial charge in [0.2, 0.25) is 6.41 Å². The molecule has 0 atom stereocenters. The minimum atomic E-state index is -0.712. The summed E-state index contributed by atoms with van der Waals surface area (Å²) in [5.41, 5.74) is 6.65. The number of rotatable bonds is 3. The molecule has 0 radical (unpaired) electrons. The molecule has 0 aliphatic carbocycles. The maximum Gasteiger partial charge on any atom is 0.228 e. The summed E-state index contributed by atoms with van der Waals surface area (Å²) in [6.45, 7) is 3.34. The van der Waals surface area contributed by atoms with Crippen LogP contribution in [0.1, 0.15) is 13.8 Å². The topological polar surface area (TPSA) is 79.8 Å². The Bertz CT molecular complexity index is 114. The molecule has 5 heteroatoms. The Morgan fingerprint density at radius 3 is 2.56 bits per heavy atom. The molecule has 5 nitrogen and oxygen atoms in total. The summed E-state index contributed by atoms with van der Waals surface area (Å²) < 4.78 is 0. The number of nitrogens with two attached hydrogens (primary N) is 1. The SMILES string of the molecule is CC(C)(N)N=NNC=O. The van der Waals surface area contributed by atoms with Gasteiger partial charge in [-0.2, -0.15) is 0 Å². The maximum atomic E-state index is 9.59. The molecule has 0 unspecified atom stereocenters. The number of hydrogen-bond donors (Lipinski definition) is 2. The third-order valence-corrected chi connectivity index (χ3v) is 0.418. The number of nitrogens with zero attached hydrogens (tertiary/aromatic N) is 2. The first-order valence-corrected chi connectivity index (χ1v) is 2.46. The monoisotopic (exact) mass is 130 g/mol. The number of hydrogen-bond acceptors (Lipinski definition) is 4. The molecule has 0 fully saturated rings. The predicted molar refractivity (Wildman–Crippen MR) is 32.3 cm³/mol. The summed E-state index contributed by atoms with van der Waals surface area (Å²) in [5, 5.41) is 6.75. The van der Waals surface area contributed by atoms with Crippen molar-refractivity contribution in [2.24, 2.45) is 16.1 Å². The lowest BCUT2D eigenvalue weighted by Crippen LogP contribution is -2.28. The molecule has 0 spiro atoms. The lowest BCUT2D eigenvalue weighted by Gasteiger charge is -2.07. The second kappa shape index (κ2) is 3.13. The van der Waals surface area contributed by atoms with E-state index in [0.717, 1.165) is 0 Å². The van der Waals surface area contributed by atoms with Gasteiger partial charge in [0.25, 0.3) is 0 Å². The highest BCUT2D eigenvalue weighted by Crippen LogP contribution is 1.96. The van der Waals surface area contributed by atoms with E-state index in [0.29, 0.717) is 6.41 Å². The summed E-state index contributed by atoms with van der Waals surface area (Å²) in [6, 6.07) is 0. The van der Waals surface area contributed by atoms with Crippen molar-refractivity contribution in [2.75, 3.05) is 0 Å². The summed E-state index contributed by atoms with van der Waals surface area (Å²) >= 11 is 0. The third kappa shape index (κ3) is 7.03. The van der Waals surface area contributed by atoms with Crippen LogP contribution in [0.4, 0.5) is 0 Å². The van der Waals surface area contributed by atoms with E-state index in [1.54, 1.807) is 13.8 Å². The minimum absolute atomic E-state index is 0.426. The van der Waals surface area contributed by atoms with Crippen LogP contribution < -0.4 is 11.2 Å². The van der Waals surface area contributed by atoms with Crippen LogP contribution in [0.25, 0.3) is 0 Å². The second-order valence-corrected chi connectivity index (χ2v) is 2.10. The van der Waals surface area contributed by atoms with Gasteiger partial charge in [-0.15, -0.1) is 5.11 Å². The molecular weight excluding hydrogens is 120 g/mol. The van der Waals surface area contributed by atoms with Gasteiger partial charge in [0.1, 0.15) is 5.66 Å². The predicted octanol–water partition coefficient (Wildman–Crippen LogP) is -0.206. The van der Waals surface area contributed by atoms with Gasteiger partial charge in [-0.25, -0.2) is 5.43 Å². The zero-order chi connectivity index (χ0) is 7.33. The van der Waals surface area contributed by atoms with Crippen LogP contribution in [0.5, 0.6) is 0 Å². The molecule has 0 aliphatic heterocycles. The molecule has 0 aromatic rings. The van der Waals surface area contributed by atoms with Crippen LogP contribution in [0.15, 0.2) is 10.3 Å². The Kier molecular flexibility index (Phi) is 2.80. The van der Waals surface area contributed by atoms with Crippen molar-refractivity contribution in [3.63, 3.8) is 0 Å². The molecule has 3 N–H and O–H groups in total. The number of carbonyl (C=O) groups excluding carboxylic acids is 1. The smallest absolute Gasteiger partial charge is 0.228 e. The highest BCUT2D eigenvalue weighted by Gasteiger charge is 2.05. The molecule has 1 amide bonds. The van der Waals surface area contributed by atoms with Gasteiger partial charge in [-0.3, -0.25) is 4.79 Å². The van der Waals surface area contributed by atoms with Crippen LogP contribution in [-0.2, 0) is 4.79 Å². The lowest BCUT2D eigenvalue weighted by molar-refractivity contribution is -0.109. The fourth-order valence-electron chi connectivity index (χ4n) is 0.181. The summed E-state index contributed by atoms with van der Waals surface area (Å²) in [6.07, 6.45) is 0.426. The van der Waals surface area contributed by atoms with Crippen LogP contribution in [0.3, 0.4) is 0 Å². The fourth-order valence-corrected chi connectivity index (χ4v) is 0.181. The summed E-state index contributed by atoms with van der Waals surface area (Å²) in [5.74, 6) is 0. The summed E-state index contributed by atoms with van der Waals surface area (Å²) in [7, 11) is 0. The number of carbonyl (C=O) groups is 1. The Hall–Kier alpha value is -0.970. The van der Waals surface area contributed by atoms with Crippen LogP contribution in [0.2, 0.25) is 0 Å². The van der Waals surface area contributed by atoms with E-state index < -0.39 is 5.66 Å². The molecule has 0 saturated heterocycles. The lowest BCUT2D eigenvalue weighted by atomic mass is 10.3. The zero-order valence-corrected chi connectivity index (χ0v) is 5.46. The highest BCUT2D eigenvalue weighted by atomic mass is 16.1. The van der Waals surface area contributed by atoms with Crippen LogP contribution in [-0.4, -0.2) is 12.1 Å². The molecule has 0 saturated carbocycles. The van der Waals surface area contributed by atoms with Crippen molar-refractivity contribution in [1.29, 1.82) is 0 Å². The standard InChI is InChI=1S/C4H10N4O/c1-4(2,5)7-8-6-3-9/h3H,5H2,1-2H3,(H,6,7,9). The molecule has 0 aliphatic rings. The molecule has 0 rings (SSSR count). The second-order valence-electron chi connectivity index (χ2n) is 2.10. The van der Waals surface area contributed by atoms with Gasteiger partial charge < -0.3 is 5.73 Å². The fraction of sp³-hybridized carbons (Fsp3) is 0.750. The number of amides is 1. The first-order chi connectivity index (χ1) is 4.06. The summed E-state index contributed by atoms with van der Waals surface area (Å²) in [4.78, 5) is 9.59. The minimum Gasteiger partial charge on any atom is -0.306 e. The molecule has 9 heavy (non-hydrogen) atoms. The average Bonchev–Trinajstić information content (AvgIpc) is 1.63. The first-order valence-electron chi connectivity index (χ1n) is 2.46. The van der Waals surface area contributed by atoms with Crippen LogP contribution in [0, 0.1) is 0 Å². The zero-order valence-electron chi connectivity index (χ0n) is 5.46. The Morgan fingerprint density at radius 1 is 1.67 bits per heavy atom. The van der Waals surface area contributed by atoms with Crippen molar-refractivity contribution < 1.29 is 4.79 Å². The van der Waals surface area contributed by atoms with Crippen molar-refractivity contribution in [2.45, 2.75) is 19.5 Å². The van der Waals surface area contributed by atoms with E-state index in [9.17, 15) is 4.79 Å². The van der Waals surface area contributed by atoms with Gasteiger partial charge in [-0.1, -0.05) is 5.22 Å². The van der Waals surface area contributed by atoms with Crippen molar-refractivity contribution in [3.8, 4) is 0 Å². The average molecular weight is 130 g/mol. The maximum absolute atomic E-state index is 9.59. The van der Waals surface area contributed by atoms with Gasteiger partial charge in [0.05, 0.1) is 0 Å². The van der Waals surface area contributed by atoms with E-state index in [1.165, 1.54) is 0 Å². The molecule has 0 aromatic heterocycles. The largest absolute Gasteiger partial charge is 0.306 e. The van der Waals surface area contributed by atoms with Crippen LogP contribution >= 0.6 is 0 Å². The van der Waals surface area contributed by atoms with Crippen molar-refractivity contribution >= 4 is 6.41 Å². The normalized spacial score (nSPS) is 11.9. The van der Waals surface area contributed by atoms with Gasteiger partial charge in [0, 0.05) is 0 Å².